The van der Waals surface area contributed by atoms with Gasteiger partial charge in [0.25, 0.3) is 11.5 Å². The topological polar surface area (TPSA) is 123 Å². The summed E-state index contributed by atoms with van der Waals surface area (Å²) >= 11 is 1.63. The summed E-state index contributed by atoms with van der Waals surface area (Å²) in [6.45, 7) is -0.522. The summed E-state index contributed by atoms with van der Waals surface area (Å²) in [5, 5.41) is 0. The Morgan fingerprint density at radius 1 is 0.810 bits per heavy atom. The highest BCUT2D eigenvalue weighted by molar-refractivity contribution is 14.1. The molecule has 0 unspecified atom stereocenters. The number of carbonyl (C=O) groups excluding carboxylic acids is 3. The normalized spacial score (nSPS) is 19.7. The molecule has 3 aromatic carbocycles. The van der Waals surface area contributed by atoms with Crippen molar-refractivity contribution in [3.05, 3.63) is 138 Å². The van der Waals surface area contributed by atoms with Gasteiger partial charge in [0.05, 0.1) is 14.7 Å². The van der Waals surface area contributed by atoms with E-state index in [-0.39, 0.29) is 20.3 Å². The van der Waals surface area contributed by atoms with E-state index in [4.69, 9.17) is 14.2 Å². The number of aromatic nitrogens is 2. The zero-order valence-corrected chi connectivity index (χ0v) is 23.8. The Bertz CT molecular complexity index is 1730. The van der Waals surface area contributed by atoms with Gasteiger partial charge in [0.15, 0.2) is 18.5 Å². The van der Waals surface area contributed by atoms with Gasteiger partial charge in [-0.1, -0.05) is 54.6 Å². The van der Waals surface area contributed by atoms with Crippen molar-refractivity contribution in [3.8, 4) is 0 Å². The molecule has 12 heteroatoms. The quantitative estimate of drug-likeness (QED) is 0.214. The maximum atomic E-state index is 16.1. The van der Waals surface area contributed by atoms with Crippen molar-refractivity contribution in [2.24, 2.45) is 0 Å². The fraction of sp³-hybridized carbons (Fsp3) is 0.167. The SMILES string of the molecule is O=C(OC[C@H]1O[C@@H](n2cc(I)c(=O)n(C(=O)c3ccccc3)c2=O)[C@@H](F)[C@@H]1OC(=O)c1ccccc1)c1ccccc1. The van der Waals surface area contributed by atoms with E-state index in [1.54, 1.807) is 77.2 Å². The van der Waals surface area contributed by atoms with Crippen molar-refractivity contribution in [1.82, 2.24) is 9.13 Å². The lowest BCUT2D eigenvalue weighted by atomic mass is 10.1. The number of ether oxygens (including phenoxy) is 3. The van der Waals surface area contributed by atoms with Gasteiger partial charge in [-0.3, -0.25) is 14.2 Å². The summed E-state index contributed by atoms with van der Waals surface area (Å²) in [6, 6.07) is 23.5. The average molecular weight is 684 g/mol. The van der Waals surface area contributed by atoms with Crippen LogP contribution in [0.2, 0.25) is 0 Å². The molecule has 0 amide bonds. The summed E-state index contributed by atoms with van der Waals surface area (Å²) in [7, 11) is 0. The molecule has 10 nitrogen and oxygen atoms in total. The number of hydrogen-bond acceptors (Lipinski definition) is 8. The van der Waals surface area contributed by atoms with Gasteiger partial charge in [-0.2, -0.15) is 4.57 Å². The van der Waals surface area contributed by atoms with E-state index < -0.39 is 60.3 Å². The number of halogens is 2. The van der Waals surface area contributed by atoms with Crippen LogP contribution in [-0.2, 0) is 14.2 Å². The standard InChI is InChI=1S/C30H22FIN2O8/c31-23-24(42-29(38)20-14-8-3-9-15-20)22(17-40-28(37)19-12-6-2-7-13-19)41-27(23)33-16-21(32)26(36)34(30(33)39)25(35)18-10-4-1-5-11-18/h1-16,22-24,27H,17H2/t22-,23+,24-,27-/m1/s1. The van der Waals surface area contributed by atoms with Crippen LogP contribution in [0, 0.1) is 3.57 Å². The van der Waals surface area contributed by atoms with Crippen molar-refractivity contribution in [1.29, 1.82) is 0 Å². The van der Waals surface area contributed by atoms with E-state index >= 15 is 4.39 Å². The molecule has 1 saturated heterocycles. The molecule has 4 atom stereocenters. The van der Waals surface area contributed by atoms with E-state index in [0.29, 0.717) is 4.57 Å². The Labute approximate surface area is 251 Å². The average Bonchev–Trinajstić information content (AvgIpc) is 3.33. The van der Waals surface area contributed by atoms with Crippen molar-refractivity contribution in [2.75, 3.05) is 6.61 Å². The Balaban J connectivity index is 1.48. The fourth-order valence-electron chi connectivity index (χ4n) is 4.39. The molecule has 0 spiro atoms. The smallest absolute Gasteiger partial charge is 0.340 e. The molecule has 1 aliphatic rings. The lowest BCUT2D eigenvalue weighted by Crippen LogP contribution is -2.47. The summed E-state index contributed by atoms with van der Waals surface area (Å²) in [5.41, 5.74) is -1.60. The van der Waals surface area contributed by atoms with Gasteiger partial charge in [0.1, 0.15) is 12.7 Å². The Hall–Kier alpha value is -4.43. The number of esters is 2. The molecule has 0 saturated carbocycles. The molecule has 42 heavy (non-hydrogen) atoms. The van der Waals surface area contributed by atoms with E-state index in [2.05, 4.69) is 0 Å². The van der Waals surface area contributed by atoms with E-state index in [9.17, 15) is 24.0 Å². The maximum Gasteiger partial charge on any atom is 0.340 e. The molecule has 5 rings (SSSR count). The summed E-state index contributed by atoms with van der Waals surface area (Å²) in [4.78, 5) is 64.8. The van der Waals surface area contributed by atoms with Crippen LogP contribution in [0.3, 0.4) is 0 Å². The third kappa shape index (κ3) is 5.94. The first-order chi connectivity index (χ1) is 20.3. The highest BCUT2D eigenvalue weighted by Gasteiger charge is 2.50. The second-order valence-electron chi connectivity index (χ2n) is 9.19. The highest BCUT2D eigenvalue weighted by Crippen LogP contribution is 2.34. The van der Waals surface area contributed by atoms with Crippen LogP contribution in [0.15, 0.2) is 107 Å². The van der Waals surface area contributed by atoms with Gasteiger partial charge in [0, 0.05) is 11.8 Å². The predicted octanol–water partition coefficient (Wildman–Crippen LogP) is 3.62. The molecule has 0 aliphatic carbocycles. The lowest BCUT2D eigenvalue weighted by Gasteiger charge is -2.20. The largest absolute Gasteiger partial charge is 0.459 e. The number of benzene rings is 3. The monoisotopic (exact) mass is 684 g/mol. The molecule has 0 radical (unpaired) electrons. The van der Waals surface area contributed by atoms with Crippen LogP contribution in [0.5, 0.6) is 0 Å². The van der Waals surface area contributed by atoms with E-state index in [1.165, 1.54) is 36.4 Å². The maximum absolute atomic E-state index is 16.1. The first kappa shape index (κ1) is 29.1. The van der Waals surface area contributed by atoms with Crippen molar-refractivity contribution in [2.45, 2.75) is 24.6 Å². The Morgan fingerprint density at radius 3 is 1.90 bits per heavy atom. The molecule has 1 fully saturated rings. The van der Waals surface area contributed by atoms with Crippen LogP contribution in [0.25, 0.3) is 0 Å². The number of carbonyl (C=O) groups is 3. The highest BCUT2D eigenvalue weighted by atomic mass is 127. The van der Waals surface area contributed by atoms with Crippen LogP contribution in [0.1, 0.15) is 37.3 Å². The van der Waals surface area contributed by atoms with Gasteiger partial charge in [0.2, 0.25) is 0 Å². The Kier molecular flexibility index (Phi) is 8.73. The van der Waals surface area contributed by atoms with Gasteiger partial charge in [-0.15, -0.1) is 0 Å². The molecule has 1 aromatic heterocycles. The first-order valence-electron chi connectivity index (χ1n) is 12.7. The second-order valence-corrected chi connectivity index (χ2v) is 10.4. The molecular formula is C30H22FIN2O8. The van der Waals surface area contributed by atoms with Gasteiger partial charge < -0.3 is 14.2 Å². The minimum Gasteiger partial charge on any atom is -0.459 e. The number of rotatable bonds is 7. The molecule has 214 valence electrons. The van der Waals surface area contributed by atoms with Crippen molar-refractivity contribution >= 4 is 40.4 Å². The molecule has 1 aliphatic heterocycles. The van der Waals surface area contributed by atoms with Crippen LogP contribution < -0.4 is 11.2 Å². The van der Waals surface area contributed by atoms with Crippen LogP contribution in [-0.4, -0.2) is 52.0 Å². The van der Waals surface area contributed by atoms with Gasteiger partial charge >= 0.3 is 17.6 Å². The second kappa shape index (κ2) is 12.6. The summed E-state index contributed by atoms with van der Waals surface area (Å²) in [6.07, 6.45) is -5.76. The number of alkyl halides is 1. The molecule has 2 heterocycles. The zero-order chi connectivity index (χ0) is 29.8. The first-order valence-corrected chi connectivity index (χ1v) is 13.8. The number of nitrogens with zero attached hydrogens (tertiary/aromatic N) is 2. The van der Waals surface area contributed by atoms with Crippen LogP contribution in [0.4, 0.5) is 4.39 Å². The predicted molar refractivity (Wildman–Crippen MR) is 155 cm³/mol. The molecule has 4 aromatic rings. The molecular weight excluding hydrogens is 662 g/mol. The summed E-state index contributed by atoms with van der Waals surface area (Å²) < 4.78 is 33.8. The third-order valence-corrected chi connectivity index (χ3v) is 7.22. The van der Waals surface area contributed by atoms with E-state index in [0.717, 1.165) is 10.8 Å². The summed E-state index contributed by atoms with van der Waals surface area (Å²) in [5.74, 6) is -2.50. The van der Waals surface area contributed by atoms with Crippen molar-refractivity contribution in [3.63, 3.8) is 0 Å². The van der Waals surface area contributed by atoms with Gasteiger partial charge in [-0.25, -0.2) is 18.8 Å². The minimum atomic E-state index is -2.15. The minimum absolute atomic E-state index is 0.0646. The fourth-order valence-corrected chi connectivity index (χ4v) is 4.93. The zero-order valence-electron chi connectivity index (χ0n) is 21.7. The number of hydrogen-bond donors (Lipinski definition) is 0. The molecule has 0 bridgehead atoms. The Morgan fingerprint density at radius 2 is 1.33 bits per heavy atom. The van der Waals surface area contributed by atoms with Crippen molar-refractivity contribution < 1.29 is 33.0 Å². The van der Waals surface area contributed by atoms with Crippen LogP contribution >= 0.6 is 22.6 Å². The van der Waals surface area contributed by atoms with Gasteiger partial charge in [-0.05, 0) is 59.0 Å². The lowest BCUT2D eigenvalue weighted by molar-refractivity contribution is -0.0595. The van der Waals surface area contributed by atoms with E-state index in [1.807, 2.05) is 0 Å². The third-order valence-electron chi connectivity index (χ3n) is 6.48. The molecule has 0 N–H and O–H groups in total.